The number of benzene rings is 1. The molecule has 3 nitrogen and oxygen atoms in total. The molecule has 0 saturated heterocycles. The summed E-state index contributed by atoms with van der Waals surface area (Å²) in [7, 11) is 0. The van der Waals surface area contributed by atoms with E-state index in [1.807, 2.05) is 0 Å². The minimum Gasteiger partial charge on any atom is -0.490 e. The molecule has 25 heavy (non-hydrogen) atoms. The highest BCUT2D eigenvalue weighted by molar-refractivity contribution is 5.87. The summed E-state index contributed by atoms with van der Waals surface area (Å²) in [5, 5.41) is 8.97. The topological polar surface area (TPSA) is 46.5 Å². The minimum absolute atomic E-state index is 0.243. The van der Waals surface area contributed by atoms with E-state index in [0.29, 0.717) is 12.4 Å². The van der Waals surface area contributed by atoms with Crippen LogP contribution in [0.15, 0.2) is 59.2 Å². The van der Waals surface area contributed by atoms with Gasteiger partial charge < -0.3 is 9.84 Å². The number of allylic oxidation sites excluding steroid dienone is 5. The van der Waals surface area contributed by atoms with E-state index in [1.54, 1.807) is 24.3 Å². The normalized spacial score (nSPS) is 12.0. The maximum absolute atomic E-state index is 10.9. The van der Waals surface area contributed by atoms with Gasteiger partial charge in [0.2, 0.25) is 0 Å². The molecular weight excluding hydrogens is 312 g/mol. The quantitative estimate of drug-likeness (QED) is 0.516. The van der Waals surface area contributed by atoms with Crippen molar-refractivity contribution in [3.8, 4) is 5.75 Å². The Bertz CT molecular complexity index is 647. The zero-order chi connectivity index (χ0) is 18.7. The Morgan fingerprint density at radius 2 is 1.64 bits per heavy atom. The predicted octanol–water partition coefficient (Wildman–Crippen LogP) is 6.18. The van der Waals surface area contributed by atoms with Crippen molar-refractivity contribution in [3.63, 3.8) is 0 Å². The average molecular weight is 342 g/mol. The largest absolute Gasteiger partial charge is 0.490 e. The molecule has 0 aliphatic carbocycles. The van der Waals surface area contributed by atoms with Crippen molar-refractivity contribution < 1.29 is 14.6 Å². The summed E-state index contributed by atoms with van der Waals surface area (Å²) in [6.07, 6.45) is 10.9. The second kappa shape index (κ2) is 11.3. The Balaban J connectivity index is 2.35. The first-order chi connectivity index (χ1) is 11.9. The van der Waals surface area contributed by atoms with Gasteiger partial charge in [-0.1, -0.05) is 34.9 Å². The van der Waals surface area contributed by atoms with Crippen LogP contribution in [-0.4, -0.2) is 17.7 Å². The van der Waals surface area contributed by atoms with E-state index in [0.717, 1.165) is 25.7 Å². The third-order valence-electron chi connectivity index (χ3n) is 3.89. The number of carbonyl (C=O) groups is 1. The van der Waals surface area contributed by atoms with E-state index in [-0.39, 0.29) is 5.56 Å². The highest BCUT2D eigenvalue weighted by atomic mass is 16.5. The van der Waals surface area contributed by atoms with Crippen molar-refractivity contribution >= 4 is 5.97 Å². The van der Waals surface area contributed by atoms with Crippen LogP contribution in [0.2, 0.25) is 0 Å². The van der Waals surface area contributed by atoms with Crippen LogP contribution in [0.4, 0.5) is 0 Å². The zero-order valence-electron chi connectivity index (χ0n) is 15.8. The van der Waals surface area contributed by atoms with Gasteiger partial charge in [0, 0.05) is 0 Å². The van der Waals surface area contributed by atoms with Crippen LogP contribution in [0.5, 0.6) is 5.75 Å². The molecule has 0 fully saturated rings. The molecule has 0 atom stereocenters. The Morgan fingerprint density at radius 1 is 1.00 bits per heavy atom. The van der Waals surface area contributed by atoms with Gasteiger partial charge in [0.25, 0.3) is 0 Å². The van der Waals surface area contributed by atoms with Crippen molar-refractivity contribution in [1.82, 2.24) is 0 Å². The van der Waals surface area contributed by atoms with Crippen LogP contribution in [0.25, 0.3) is 0 Å². The minimum atomic E-state index is -0.941. The summed E-state index contributed by atoms with van der Waals surface area (Å²) in [5.41, 5.74) is 4.34. The first-order valence-electron chi connectivity index (χ1n) is 8.79. The molecule has 1 aromatic rings. The highest BCUT2D eigenvalue weighted by Gasteiger charge is 2.03. The maximum atomic E-state index is 10.9. The van der Waals surface area contributed by atoms with Gasteiger partial charge in [-0.15, -0.1) is 0 Å². The van der Waals surface area contributed by atoms with Crippen LogP contribution >= 0.6 is 0 Å². The van der Waals surface area contributed by atoms with E-state index in [1.165, 1.54) is 16.7 Å². The second-order valence-electron chi connectivity index (χ2n) is 6.60. The summed E-state index contributed by atoms with van der Waals surface area (Å²) in [6, 6.07) is 6.57. The summed E-state index contributed by atoms with van der Waals surface area (Å²) in [4.78, 5) is 10.9. The van der Waals surface area contributed by atoms with E-state index in [9.17, 15) is 4.79 Å². The molecule has 0 aliphatic rings. The Morgan fingerprint density at radius 3 is 2.28 bits per heavy atom. The fourth-order valence-electron chi connectivity index (χ4n) is 2.34. The van der Waals surface area contributed by atoms with E-state index < -0.39 is 5.97 Å². The third-order valence-corrected chi connectivity index (χ3v) is 3.89. The summed E-state index contributed by atoms with van der Waals surface area (Å²) >= 11 is 0. The van der Waals surface area contributed by atoms with Gasteiger partial charge in [-0.05, 0) is 77.7 Å². The molecule has 1 rings (SSSR count). The second-order valence-corrected chi connectivity index (χ2v) is 6.60. The summed E-state index contributed by atoms with van der Waals surface area (Å²) in [6.45, 7) is 9.01. The maximum Gasteiger partial charge on any atom is 0.335 e. The van der Waals surface area contributed by atoms with E-state index in [2.05, 4.69) is 45.9 Å². The van der Waals surface area contributed by atoms with E-state index in [4.69, 9.17) is 9.84 Å². The monoisotopic (exact) mass is 342 g/mol. The summed E-state index contributed by atoms with van der Waals surface area (Å²) in [5.74, 6) is -0.358. The number of carboxylic acids is 1. The highest BCUT2D eigenvalue weighted by Crippen LogP contribution is 2.14. The van der Waals surface area contributed by atoms with Crippen LogP contribution < -0.4 is 4.74 Å². The smallest absolute Gasteiger partial charge is 0.335 e. The van der Waals surface area contributed by atoms with Crippen molar-refractivity contribution in [2.24, 2.45) is 0 Å². The SMILES string of the molecule is CC(C)=CCC/C(C)=C/CC/C(C)=C/COc1cccc(C(=O)O)c1. The molecule has 0 unspecified atom stereocenters. The lowest BCUT2D eigenvalue weighted by atomic mass is 10.1. The van der Waals surface area contributed by atoms with Gasteiger partial charge in [0.05, 0.1) is 5.56 Å². The van der Waals surface area contributed by atoms with Crippen LogP contribution in [-0.2, 0) is 0 Å². The molecule has 0 amide bonds. The number of hydrogen-bond donors (Lipinski definition) is 1. The van der Waals surface area contributed by atoms with Crippen LogP contribution in [0, 0.1) is 0 Å². The van der Waals surface area contributed by atoms with Crippen LogP contribution in [0.3, 0.4) is 0 Å². The average Bonchev–Trinajstić information content (AvgIpc) is 2.54. The Labute approximate surface area is 151 Å². The number of hydrogen-bond acceptors (Lipinski definition) is 2. The molecule has 1 N–H and O–H groups in total. The first-order valence-corrected chi connectivity index (χ1v) is 8.79. The van der Waals surface area contributed by atoms with Gasteiger partial charge in [-0.3, -0.25) is 0 Å². The van der Waals surface area contributed by atoms with Crippen LogP contribution in [0.1, 0.15) is 63.7 Å². The Hall–Kier alpha value is -2.29. The molecule has 0 aliphatic heterocycles. The predicted molar refractivity (Wildman–Crippen MR) is 104 cm³/mol. The molecule has 1 aromatic carbocycles. The van der Waals surface area contributed by atoms with Gasteiger partial charge >= 0.3 is 5.97 Å². The van der Waals surface area contributed by atoms with Gasteiger partial charge in [-0.25, -0.2) is 4.79 Å². The third kappa shape index (κ3) is 9.55. The molecule has 0 spiro atoms. The van der Waals surface area contributed by atoms with Crippen molar-refractivity contribution in [1.29, 1.82) is 0 Å². The molecule has 0 bridgehead atoms. The van der Waals surface area contributed by atoms with Gasteiger partial charge in [0.1, 0.15) is 12.4 Å². The molecule has 3 heteroatoms. The fraction of sp³-hybridized carbons (Fsp3) is 0.409. The lowest BCUT2D eigenvalue weighted by Crippen LogP contribution is -1.99. The van der Waals surface area contributed by atoms with Gasteiger partial charge in [0.15, 0.2) is 0 Å². The Kier molecular flexibility index (Phi) is 9.38. The van der Waals surface area contributed by atoms with Crippen molar-refractivity contribution in [2.75, 3.05) is 6.61 Å². The summed E-state index contributed by atoms with van der Waals surface area (Å²) < 4.78 is 5.61. The van der Waals surface area contributed by atoms with Crippen molar-refractivity contribution in [2.45, 2.75) is 53.4 Å². The van der Waals surface area contributed by atoms with E-state index >= 15 is 0 Å². The van der Waals surface area contributed by atoms with Gasteiger partial charge in [-0.2, -0.15) is 0 Å². The molecular formula is C22H30O3. The number of rotatable bonds is 10. The number of ether oxygens (including phenoxy) is 1. The van der Waals surface area contributed by atoms with Crippen molar-refractivity contribution in [3.05, 3.63) is 64.8 Å². The fourth-order valence-corrected chi connectivity index (χ4v) is 2.34. The lowest BCUT2D eigenvalue weighted by Gasteiger charge is -2.05. The zero-order valence-corrected chi connectivity index (χ0v) is 15.8. The first kappa shape index (κ1) is 20.8. The standard InChI is InChI=1S/C22H30O3/c1-17(2)8-5-9-18(3)10-6-11-19(4)14-15-25-21-13-7-12-20(16-21)22(23)24/h7-8,10,12-14,16H,5-6,9,11,15H2,1-4H3,(H,23,24)/b18-10+,19-14+. The molecule has 0 radical (unpaired) electrons. The molecule has 136 valence electrons. The lowest BCUT2D eigenvalue weighted by molar-refractivity contribution is 0.0696. The number of carboxylic acid groups (broad SMARTS) is 1. The molecule has 0 saturated carbocycles. The number of aromatic carboxylic acids is 1. The molecule has 0 aromatic heterocycles. The molecule has 0 heterocycles.